The minimum absolute atomic E-state index is 0.0452. The topological polar surface area (TPSA) is 66.8 Å². The Morgan fingerprint density at radius 1 is 1.38 bits per heavy atom. The summed E-state index contributed by atoms with van der Waals surface area (Å²) in [6, 6.07) is 5.30. The highest BCUT2D eigenvalue weighted by atomic mass is 16.5. The average molecular weight is 291 g/mol. The first-order chi connectivity index (χ1) is 9.93. The van der Waals surface area contributed by atoms with Crippen LogP contribution in [-0.4, -0.2) is 47.7 Å². The molecule has 114 valence electrons. The van der Waals surface area contributed by atoms with E-state index in [1.54, 1.807) is 18.1 Å². The van der Waals surface area contributed by atoms with E-state index in [-0.39, 0.29) is 24.5 Å². The van der Waals surface area contributed by atoms with Crippen LogP contribution in [0.15, 0.2) is 18.2 Å². The molecule has 5 heteroatoms. The molecule has 0 spiro atoms. The summed E-state index contributed by atoms with van der Waals surface area (Å²) in [6.07, 6.45) is 0.430. The Bertz CT molecular complexity index is 555. The summed E-state index contributed by atoms with van der Waals surface area (Å²) in [5.74, 6) is -1.00. The van der Waals surface area contributed by atoms with Crippen molar-refractivity contribution in [2.75, 3.05) is 13.7 Å². The number of aliphatic carboxylic acids is 1. The van der Waals surface area contributed by atoms with Crippen molar-refractivity contribution >= 4 is 11.9 Å². The number of aryl methyl sites for hydroxylation is 1. The lowest BCUT2D eigenvalue weighted by atomic mass is 10.0. The normalized spacial score (nSPS) is 21.6. The van der Waals surface area contributed by atoms with Crippen LogP contribution >= 0.6 is 0 Å². The number of rotatable bonds is 4. The van der Waals surface area contributed by atoms with Crippen molar-refractivity contribution in [3.63, 3.8) is 0 Å². The van der Waals surface area contributed by atoms with Crippen LogP contribution in [0.4, 0.5) is 0 Å². The zero-order valence-corrected chi connectivity index (χ0v) is 12.6. The fourth-order valence-corrected chi connectivity index (χ4v) is 2.83. The molecular weight excluding hydrogens is 270 g/mol. The number of hydrogen-bond donors (Lipinski definition) is 1. The van der Waals surface area contributed by atoms with Gasteiger partial charge in [0.25, 0.3) is 5.91 Å². The molecule has 21 heavy (non-hydrogen) atoms. The molecule has 1 N–H and O–H groups in total. The van der Waals surface area contributed by atoms with Gasteiger partial charge in [-0.2, -0.15) is 0 Å². The van der Waals surface area contributed by atoms with Crippen LogP contribution in [0.3, 0.4) is 0 Å². The van der Waals surface area contributed by atoms with Crippen molar-refractivity contribution < 1.29 is 19.4 Å². The van der Waals surface area contributed by atoms with Crippen molar-refractivity contribution in [1.82, 2.24) is 4.90 Å². The quantitative estimate of drug-likeness (QED) is 0.921. The van der Waals surface area contributed by atoms with Gasteiger partial charge < -0.3 is 14.7 Å². The minimum Gasteiger partial charge on any atom is -0.481 e. The number of amides is 1. The fourth-order valence-electron chi connectivity index (χ4n) is 2.83. The van der Waals surface area contributed by atoms with Gasteiger partial charge in [0.1, 0.15) is 0 Å². The molecule has 1 aliphatic heterocycles. The number of methoxy groups -OCH3 is 1. The number of carboxylic acid groups (broad SMARTS) is 1. The highest BCUT2D eigenvalue weighted by molar-refractivity contribution is 5.96. The van der Waals surface area contributed by atoms with E-state index in [2.05, 4.69) is 0 Å². The number of ether oxygens (including phenoxy) is 1. The number of carboxylic acids is 1. The van der Waals surface area contributed by atoms with Crippen LogP contribution in [-0.2, 0) is 9.53 Å². The lowest BCUT2D eigenvalue weighted by molar-refractivity contribution is -0.137. The molecule has 0 aliphatic carbocycles. The van der Waals surface area contributed by atoms with E-state index >= 15 is 0 Å². The zero-order chi connectivity index (χ0) is 15.6. The number of likely N-dealkylation sites (tertiary alicyclic amines) is 1. The molecule has 2 unspecified atom stereocenters. The Hall–Kier alpha value is -1.88. The third-order valence-electron chi connectivity index (χ3n) is 4.22. The lowest BCUT2D eigenvalue weighted by Gasteiger charge is -2.24. The number of nitrogens with zero attached hydrogens (tertiary/aromatic N) is 1. The SMILES string of the molecule is COC1CC(CC(=O)O)N(C(=O)c2cccc(C)c2C)C1. The molecular formula is C16H21NO4. The van der Waals surface area contributed by atoms with Gasteiger partial charge in [-0.05, 0) is 37.5 Å². The predicted octanol–water partition coefficient (Wildman–Crippen LogP) is 2.01. The Morgan fingerprint density at radius 3 is 2.71 bits per heavy atom. The van der Waals surface area contributed by atoms with Crippen molar-refractivity contribution in [3.05, 3.63) is 34.9 Å². The standard InChI is InChI=1S/C16H21NO4/c1-10-5-4-6-14(11(10)2)16(20)17-9-13(21-3)7-12(17)8-15(18)19/h4-6,12-13H,7-9H2,1-3H3,(H,18,19). The molecule has 1 fully saturated rings. The van der Waals surface area contributed by atoms with E-state index < -0.39 is 5.97 Å². The van der Waals surface area contributed by atoms with E-state index in [1.165, 1.54) is 0 Å². The maximum absolute atomic E-state index is 12.8. The van der Waals surface area contributed by atoms with Crippen LogP contribution in [0.1, 0.15) is 34.3 Å². The van der Waals surface area contributed by atoms with E-state index in [1.807, 2.05) is 26.0 Å². The maximum atomic E-state index is 12.8. The summed E-state index contributed by atoms with van der Waals surface area (Å²) in [4.78, 5) is 25.4. The van der Waals surface area contributed by atoms with E-state index in [0.29, 0.717) is 18.5 Å². The molecule has 5 nitrogen and oxygen atoms in total. The first kappa shape index (κ1) is 15.5. The van der Waals surface area contributed by atoms with Crippen LogP contribution < -0.4 is 0 Å². The summed E-state index contributed by atoms with van der Waals surface area (Å²) in [5, 5.41) is 9.02. The van der Waals surface area contributed by atoms with Crippen molar-refractivity contribution in [2.45, 2.75) is 38.8 Å². The fraction of sp³-hybridized carbons (Fsp3) is 0.500. The Balaban J connectivity index is 2.27. The van der Waals surface area contributed by atoms with Gasteiger partial charge in [0.05, 0.1) is 12.5 Å². The summed E-state index contributed by atoms with van der Waals surface area (Å²) in [7, 11) is 1.59. The second-order valence-corrected chi connectivity index (χ2v) is 5.55. The lowest BCUT2D eigenvalue weighted by Crippen LogP contribution is -2.37. The van der Waals surface area contributed by atoms with Gasteiger partial charge in [-0.25, -0.2) is 0 Å². The summed E-state index contributed by atoms with van der Waals surface area (Å²) in [6.45, 7) is 4.32. The third kappa shape index (κ3) is 3.24. The van der Waals surface area contributed by atoms with Gasteiger partial charge in [-0.15, -0.1) is 0 Å². The Morgan fingerprint density at radius 2 is 2.10 bits per heavy atom. The molecule has 1 aromatic rings. The first-order valence-corrected chi connectivity index (χ1v) is 7.05. The summed E-state index contributed by atoms with van der Waals surface area (Å²) in [5.41, 5.74) is 2.64. The Kier molecular flexibility index (Phi) is 4.63. The molecule has 1 aliphatic rings. The van der Waals surface area contributed by atoms with Gasteiger partial charge in [0, 0.05) is 25.3 Å². The van der Waals surface area contributed by atoms with Gasteiger partial charge >= 0.3 is 5.97 Å². The van der Waals surface area contributed by atoms with Crippen molar-refractivity contribution in [3.8, 4) is 0 Å². The Labute approximate surface area is 124 Å². The van der Waals surface area contributed by atoms with E-state index in [9.17, 15) is 9.59 Å². The molecule has 1 aromatic carbocycles. The van der Waals surface area contributed by atoms with Gasteiger partial charge in [0.15, 0.2) is 0 Å². The molecule has 1 saturated heterocycles. The highest BCUT2D eigenvalue weighted by Gasteiger charge is 2.37. The van der Waals surface area contributed by atoms with E-state index in [0.717, 1.165) is 11.1 Å². The number of carbonyl (C=O) groups excluding carboxylic acids is 1. The molecule has 2 atom stereocenters. The molecule has 1 heterocycles. The van der Waals surface area contributed by atoms with Gasteiger partial charge in [-0.1, -0.05) is 12.1 Å². The largest absolute Gasteiger partial charge is 0.481 e. The maximum Gasteiger partial charge on any atom is 0.305 e. The van der Waals surface area contributed by atoms with Crippen LogP contribution in [0, 0.1) is 13.8 Å². The monoisotopic (exact) mass is 291 g/mol. The van der Waals surface area contributed by atoms with Crippen LogP contribution in [0.2, 0.25) is 0 Å². The second-order valence-electron chi connectivity index (χ2n) is 5.55. The molecule has 0 aromatic heterocycles. The van der Waals surface area contributed by atoms with Crippen LogP contribution in [0.25, 0.3) is 0 Å². The molecule has 0 saturated carbocycles. The smallest absolute Gasteiger partial charge is 0.305 e. The van der Waals surface area contributed by atoms with Gasteiger partial charge in [0.2, 0.25) is 0 Å². The first-order valence-electron chi connectivity index (χ1n) is 7.05. The minimum atomic E-state index is -0.893. The molecule has 2 rings (SSSR count). The second kappa shape index (κ2) is 6.26. The van der Waals surface area contributed by atoms with Crippen molar-refractivity contribution in [1.29, 1.82) is 0 Å². The summed E-state index contributed by atoms with van der Waals surface area (Å²) >= 11 is 0. The number of hydrogen-bond acceptors (Lipinski definition) is 3. The predicted molar refractivity (Wildman–Crippen MR) is 78.4 cm³/mol. The molecule has 0 radical (unpaired) electrons. The number of benzene rings is 1. The number of carbonyl (C=O) groups is 2. The molecule has 0 bridgehead atoms. The highest BCUT2D eigenvalue weighted by Crippen LogP contribution is 2.26. The summed E-state index contributed by atoms with van der Waals surface area (Å²) < 4.78 is 5.31. The van der Waals surface area contributed by atoms with E-state index in [4.69, 9.17) is 9.84 Å². The third-order valence-corrected chi connectivity index (χ3v) is 4.22. The van der Waals surface area contributed by atoms with Gasteiger partial charge in [-0.3, -0.25) is 9.59 Å². The van der Waals surface area contributed by atoms with Crippen LogP contribution in [0.5, 0.6) is 0 Å². The van der Waals surface area contributed by atoms with Crippen molar-refractivity contribution in [2.24, 2.45) is 0 Å². The average Bonchev–Trinajstić information content (AvgIpc) is 2.83. The zero-order valence-electron chi connectivity index (χ0n) is 12.6. The molecule has 1 amide bonds.